The van der Waals surface area contributed by atoms with Crippen LogP contribution in [0.25, 0.3) is 0 Å². The summed E-state index contributed by atoms with van der Waals surface area (Å²) >= 11 is 0. The summed E-state index contributed by atoms with van der Waals surface area (Å²) < 4.78 is 10.6. The summed E-state index contributed by atoms with van der Waals surface area (Å²) in [6.45, 7) is 0.793. The number of carbonyl (C=O) groups is 1. The predicted octanol–water partition coefficient (Wildman–Crippen LogP) is 1.94. The zero-order valence-corrected chi connectivity index (χ0v) is 6.66. The van der Waals surface area contributed by atoms with Gasteiger partial charge in [0.25, 0.3) is 0 Å². The predicted molar refractivity (Wildman–Crippen MR) is 42.0 cm³/mol. The minimum absolute atomic E-state index is 0.0682. The molecule has 1 aliphatic heterocycles. The van der Waals surface area contributed by atoms with Crippen molar-refractivity contribution in [3.8, 4) is 0 Å². The molecule has 0 aliphatic carbocycles. The number of rotatable bonds is 2. The first-order valence-electron chi connectivity index (χ1n) is 4.06. The number of furan rings is 1. The van der Waals surface area contributed by atoms with Gasteiger partial charge in [-0.3, -0.25) is 4.79 Å². The van der Waals surface area contributed by atoms with Gasteiger partial charge in [0.15, 0.2) is 12.0 Å². The number of hydrogen-bond donors (Lipinski definition) is 0. The molecule has 64 valence electrons. The summed E-state index contributed by atoms with van der Waals surface area (Å²) in [5.74, 6) is 1.15. The molecule has 1 aromatic rings. The Hall–Kier alpha value is -1.09. The maximum absolute atomic E-state index is 10.3. The minimum Gasteiger partial charge on any atom is -0.456 e. The topological polar surface area (TPSA) is 39.4 Å². The number of carbonyl (C=O) groups excluding carboxylic acids is 1. The smallest absolute Gasteiger partial charge is 0.185 e. The Balaban J connectivity index is 2.16. The van der Waals surface area contributed by atoms with Crippen LogP contribution in [0.2, 0.25) is 0 Å². The van der Waals surface area contributed by atoms with E-state index in [1.807, 2.05) is 0 Å². The van der Waals surface area contributed by atoms with Crippen LogP contribution in [0.4, 0.5) is 0 Å². The zero-order valence-electron chi connectivity index (χ0n) is 6.66. The maximum Gasteiger partial charge on any atom is 0.185 e. The molecule has 1 fully saturated rings. The highest BCUT2D eigenvalue weighted by molar-refractivity contribution is 5.70. The minimum atomic E-state index is 0.0682. The van der Waals surface area contributed by atoms with Crippen molar-refractivity contribution < 1.29 is 13.9 Å². The van der Waals surface area contributed by atoms with Crippen LogP contribution in [-0.4, -0.2) is 12.9 Å². The fourth-order valence-corrected chi connectivity index (χ4v) is 1.41. The monoisotopic (exact) mass is 166 g/mol. The highest BCUT2D eigenvalue weighted by Crippen LogP contribution is 2.29. The van der Waals surface area contributed by atoms with Gasteiger partial charge in [0.2, 0.25) is 0 Å². The van der Waals surface area contributed by atoms with Crippen LogP contribution in [0.15, 0.2) is 16.5 Å². The van der Waals surface area contributed by atoms with E-state index in [2.05, 4.69) is 0 Å². The SMILES string of the molecule is O=Cc1ccc(C2CCCO2)o1. The lowest BCUT2D eigenvalue weighted by atomic mass is 10.2. The average Bonchev–Trinajstić information content (AvgIpc) is 2.75. The first-order chi connectivity index (χ1) is 5.90. The Kier molecular flexibility index (Phi) is 1.96. The molecule has 1 aliphatic rings. The summed E-state index contributed by atoms with van der Waals surface area (Å²) in [6, 6.07) is 3.48. The number of aldehydes is 1. The van der Waals surface area contributed by atoms with E-state index in [0.717, 1.165) is 25.2 Å². The van der Waals surface area contributed by atoms with E-state index in [-0.39, 0.29) is 6.10 Å². The summed E-state index contributed by atoms with van der Waals surface area (Å²) in [5.41, 5.74) is 0. The summed E-state index contributed by atoms with van der Waals surface area (Å²) in [6.07, 6.45) is 2.84. The van der Waals surface area contributed by atoms with Gasteiger partial charge >= 0.3 is 0 Å². The van der Waals surface area contributed by atoms with Crippen molar-refractivity contribution >= 4 is 6.29 Å². The second-order valence-electron chi connectivity index (χ2n) is 2.86. The molecule has 0 N–H and O–H groups in total. The van der Waals surface area contributed by atoms with Crippen LogP contribution >= 0.6 is 0 Å². The summed E-state index contributed by atoms with van der Waals surface area (Å²) in [7, 11) is 0. The Morgan fingerprint density at radius 2 is 2.42 bits per heavy atom. The van der Waals surface area contributed by atoms with Crippen LogP contribution in [-0.2, 0) is 4.74 Å². The lowest BCUT2D eigenvalue weighted by molar-refractivity contribution is 0.0909. The van der Waals surface area contributed by atoms with Gasteiger partial charge in [-0.1, -0.05) is 0 Å². The van der Waals surface area contributed by atoms with E-state index in [0.29, 0.717) is 12.0 Å². The van der Waals surface area contributed by atoms with Crippen LogP contribution in [0.3, 0.4) is 0 Å². The van der Waals surface area contributed by atoms with E-state index in [1.165, 1.54) is 0 Å². The highest BCUT2D eigenvalue weighted by atomic mass is 16.5. The van der Waals surface area contributed by atoms with Crippen molar-refractivity contribution in [2.24, 2.45) is 0 Å². The third kappa shape index (κ3) is 1.28. The Morgan fingerprint density at radius 3 is 3.00 bits per heavy atom. The van der Waals surface area contributed by atoms with Crippen molar-refractivity contribution in [2.45, 2.75) is 18.9 Å². The first kappa shape index (κ1) is 7.55. The second-order valence-corrected chi connectivity index (χ2v) is 2.86. The van der Waals surface area contributed by atoms with E-state index in [9.17, 15) is 4.79 Å². The second kappa shape index (κ2) is 3.11. The maximum atomic E-state index is 10.3. The van der Waals surface area contributed by atoms with Crippen LogP contribution in [0.1, 0.15) is 35.3 Å². The number of ether oxygens (including phenoxy) is 1. The molecule has 1 atom stereocenters. The van der Waals surface area contributed by atoms with Crippen LogP contribution in [0.5, 0.6) is 0 Å². The molecule has 0 saturated carbocycles. The molecular formula is C9H10O3. The molecule has 0 radical (unpaired) electrons. The molecule has 0 bridgehead atoms. The number of hydrogen-bond acceptors (Lipinski definition) is 3. The third-order valence-electron chi connectivity index (χ3n) is 2.01. The van der Waals surface area contributed by atoms with Crippen molar-refractivity contribution in [3.05, 3.63) is 23.7 Å². The van der Waals surface area contributed by atoms with E-state index < -0.39 is 0 Å². The van der Waals surface area contributed by atoms with E-state index in [4.69, 9.17) is 9.15 Å². The Bertz CT molecular complexity index is 271. The van der Waals surface area contributed by atoms with Gasteiger partial charge in [0.05, 0.1) is 0 Å². The summed E-state index contributed by atoms with van der Waals surface area (Å²) in [5, 5.41) is 0. The van der Waals surface area contributed by atoms with Crippen molar-refractivity contribution in [1.82, 2.24) is 0 Å². The molecule has 2 heterocycles. The molecule has 0 aromatic carbocycles. The van der Waals surface area contributed by atoms with Crippen LogP contribution in [0, 0.1) is 0 Å². The van der Waals surface area contributed by atoms with Gasteiger partial charge in [-0.2, -0.15) is 0 Å². The van der Waals surface area contributed by atoms with Gasteiger partial charge < -0.3 is 9.15 Å². The Morgan fingerprint density at radius 1 is 1.50 bits per heavy atom. The summed E-state index contributed by atoms with van der Waals surface area (Å²) in [4.78, 5) is 10.3. The van der Waals surface area contributed by atoms with E-state index >= 15 is 0 Å². The normalized spacial score (nSPS) is 22.8. The largest absolute Gasteiger partial charge is 0.456 e. The van der Waals surface area contributed by atoms with Crippen molar-refractivity contribution in [3.63, 3.8) is 0 Å². The van der Waals surface area contributed by atoms with Crippen molar-refractivity contribution in [2.75, 3.05) is 6.61 Å². The lowest BCUT2D eigenvalue weighted by Gasteiger charge is -2.03. The van der Waals surface area contributed by atoms with Crippen molar-refractivity contribution in [1.29, 1.82) is 0 Å². The molecule has 1 aromatic heterocycles. The first-order valence-corrected chi connectivity index (χ1v) is 4.06. The van der Waals surface area contributed by atoms with Gasteiger partial charge in [-0.05, 0) is 25.0 Å². The van der Waals surface area contributed by atoms with Crippen LogP contribution < -0.4 is 0 Å². The average molecular weight is 166 g/mol. The van der Waals surface area contributed by atoms with E-state index in [1.54, 1.807) is 12.1 Å². The highest BCUT2D eigenvalue weighted by Gasteiger charge is 2.20. The fraction of sp³-hybridized carbons (Fsp3) is 0.444. The molecule has 3 nitrogen and oxygen atoms in total. The molecule has 2 rings (SSSR count). The standard InChI is InChI=1S/C9H10O3/c10-6-7-3-4-9(12-7)8-2-1-5-11-8/h3-4,6,8H,1-2,5H2. The fourth-order valence-electron chi connectivity index (χ4n) is 1.41. The molecule has 12 heavy (non-hydrogen) atoms. The van der Waals surface area contributed by atoms with Gasteiger partial charge in [0, 0.05) is 6.61 Å². The van der Waals surface area contributed by atoms with Gasteiger partial charge in [-0.15, -0.1) is 0 Å². The molecular weight excluding hydrogens is 156 g/mol. The molecule has 1 saturated heterocycles. The third-order valence-corrected chi connectivity index (χ3v) is 2.01. The zero-order chi connectivity index (χ0) is 8.39. The van der Waals surface area contributed by atoms with Gasteiger partial charge in [-0.25, -0.2) is 0 Å². The van der Waals surface area contributed by atoms with Gasteiger partial charge in [0.1, 0.15) is 11.9 Å². The molecule has 1 unspecified atom stereocenters. The Labute approximate surface area is 70.3 Å². The lowest BCUT2D eigenvalue weighted by Crippen LogP contribution is -1.92. The molecule has 3 heteroatoms. The molecule has 0 amide bonds. The molecule has 0 spiro atoms. The quantitative estimate of drug-likeness (QED) is 0.630.